The SMILES string of the molecule is Cc1ccsc1CN1CCC(CCc2noc(C3CC3)n2)CC1. The molecule has 2 aromatic heterocycles. The summed E-state index contributed by atoms with van der Waals surface area (Å²) < 4.78 is 5.35. The van der Waals surface area contributed by atoms with Gasteiger partial charge in [-0.05, 0) is 75.0 Å². The first-order valence-electron chi connectivity index (χ1n) is 8.86. The van der Waals surface area contributed by atoms with Gasteiger partial charge in [0.1, 0.15) is 0 Å². The molecule has 5 heteroatoms. The number of thiophene rings is 1. The van der Waals surface area contributed by atoms with E-state index in [2.05, 4.69) is 33.4 Å². The number of aryl methyl sites for hydroxylation is 2. The van der Waals surface area contributed by atoms with Crippen molar-refractivity contribution in [1.29, 1.82) is 0 Å². The summed E-state index contributed by atoms with van der Waals surface area (Å²) in [6.45, 7) is 5.80. The largest absolute Gasteiger partial charge is 0.339 e. The minimum atomic E-state index is 0.570. The van der Waals surface area contributed by atoms with Crippen molar-refractivity contribution in [3.05, 3.63) is 33.6 Å². The summed E-state index contributed by atoms with van der Waals surface area (Å²) in [4.78, 5) is 8.68. The standard InChI is InChI=1S/C18H25N3OS/c1-13-8-11-23-16(13)12-21-9-6-14(7-10-21)2-5-17-19-18(22-20-17)15-3-4-15/h8,11,14-15H,2-7,9-10,12H2,1H3. The Morgan fingerprint density at radius 3 is 2.78 bits per heavy atom. The van der Waals surface area contributed by atoms with Gasteiger partial charge in [0.05, 0.1) is 0 Å². The summed E-state index contributed by atoms with van der Waals surface area (Å²) in [5.41, 5.74) is 1.45. The zero-order chi connectivity index (χ0) is 15.6. The fraction of sp³-hybridized carbons (Fsp3) is 0.667. The maximum absolute atomic E-state index is 5.35. The van der Waals surface area contributed by atoms with Crippen molar-refractivity contribution in [3.63, 3.8) is 0 Å². The fourth-order valence-corrected chi connectivity index (χ4v) is 4.35. The molecule has 0 spiro atoms. The minimum absolute atomic E-state index is 0.570. The molecule has 0 N–H and O–H groups in total. The summed E-state index contributed by atoms with van der Waals surface area (Å²) >= 11 is 1.89. The molecule has 0 amide bonds. The summed E-state index contributed by atoms with van der Waals surface area (Å²) in [6, 6.07) is 2.23. The molecule has 0 bridgehead atoms. The maximum atomic E-state index is 5.35. The lowest BCUT2D eigenvalue weighted by molar-refractivity contribution is 0.173. The van der Waals surface area contributed by atoms with E-state index >= 15 is 0 Å². The third-order valence-corrected chi connectivity index (χ3v) is 6.24. The molecule has 0 unspecified atom stereocenters. The summed E-state index contributed by atoms with van der Waals surface area (Å²) in [7, 11) is 0. The van der Waals surface area contributed by atoms with E-state index in [1.165, 1.54) is 55.6 Å². The van der Waals surface area contributed by atoms with Crippen LogP contribution in [0, 0.1) is 12.8 Å². The van der Waals surface area contributed by atoms with Gasteiger partial charge in [-0.2, -0.15) is 4.98 Å². The van der Waals surface area contributed by atoms with Crippen LogP contribution in [0.25, 0.3) is 0 Å². The molecule has 2 fully saturated rings. The number of aromatic nitrogens is 2. The quantitative estimate of drug-likeness (QED) is 0.797. The van der Waals surface area contributed by atoms with Gasteiger partial charge in [-0.1, -0.05) is 5.16 Å². The predicted octanol–water partition coefficient (Wildman–Crippen LogP) is 4.16. The van der Waals surface area contributed by atoms with Crippen LogP contribution in [0.4, 0.5) is 0 Å². The average Bonchev–Trinajstić information content (AvgIpc) is 3.18. The molecule has 1 aliphatic heterocycles. The van der Waals surface area contributed by atoms with Gasteiger partial charge in [-0.25, -0.2) is 0 Å². The number of rotatable bonds is 6. The molecule has 4 rings (SSSR count). The highest BCUT2D eigenvalue weighted by Gasteiger charge is 2.29. The van der Waals surface area contributed by atoms with Crippen LogP contribution in [0.5, 0.6) is 0 Å². The van der Waals surface area contributed by atoms with Crippen molar-refractivity contribution in [2.75, 3.05) is 13.1 Å². The molecule has 1 saturated heterocycles. The van der Waals surface area contributed by atoms with Crippen molar-refractivity contribution >= 4 is 11.3 Å². The maximum Gasteiger partial charge on any atom is 0.229 e. The van der Waals surface area contributed by atoms with Gasteiger partial charge < -0.3 is 4.52 Å². The molecule has 2 aliphatic rings. The van der Waals surface area contributed by atoms with E-state index in [0.717, 1.165) is 30.6 Å². The third kappa shape index (κ3) is 3.83. The Morgan fingerprint density at radius 2 is 2.09 bits per heavy atom. The van der Waals surface area contributed by atoms with Gasteiger partial charge in [0.2, 0.25) is 5.89 Å². The highest BCUT2D eigenvalue weighted by atomic mass is 32.1. The monoisotopic (exact) mass is 331 g/mol. The van der Waals surface area contributed by atoms with Gasteiger partial charge in [0, 0.05) is 23.8 Å². The Hall–Kier alpha value is -1.20. The predicted molar refractivity (Wildman–Crippen MR) is 91.7 cm³/mol. The van der Waals surface area contributed by atoms with Gasteiger partial charge in [-0.15, -0.1) is 11.3 Å². The van der Waals surface area contributed by atoms with E-state index in [-0.39, 0.29) is 0 Å². The molecule has 1 saturated carbocycles. The van der Waals surface area contributed by atoms with Gasteiger partial charge >= 0.3 is 0 Å². The van der Waals surface area contributed by atoms with Crippen molar-refractivity contribution in [3.8, 4) is 0 Å². The normalized spacial score (nSPS) is 20.2. The molecule has 4 nitrogen and oxygen atoms in total. The Morgan fingerprint density at radius 1 is 1.26 bits per heavy atom. The molecule has 0 radical (unpaired) electrons. The minimum Gasteiger partial charge on any atom is -0.339 e. The molecule has 1 aliphatic carbocycles. The topological polar surface area (TPSA) is 42.2 Å². The first-order valence-corrected chi connectivity index (χ1v) is 9.73. The van der Waals surface area contributed by atoms with E-state index in [0.29, 0.717) is 5.92 Å². The van der Waals surface area contributed by atoms with Crippen LogP contribution in [-0.2, 0) is 13.0 Å². The van der Waals surface area contributed by atoms with E-state index < -0.39 is 0 Å². The van der Waals surface area contributed by atoms with Crippen LogP contribution >= 0.6 is 11.3 Å². The summed E-state index contributed by atoms with van der Waals surface area (Å²) in [6.07, 6.45) is 7.24. The van der Waals surface area contributed by atoms with Gasteiger partial charge in [0.15, 0.2) is 5.82 Å². The van der Waals surface area contributed by atoms with Crippen LogP contribution in [0.3, 0.4) is 0 Å². The Bertz CT molecular complexity index is 638. The van der Waals surface area contributed by atoms with Crippen LogP contribution < -0.4 is 0 Å². The van der Waals surface area contributed by atoms with Gasteiger partial charge in [-0.3, -0.25) is 4.90 Å². The molecular weight excluding hydrogens is 306 g/mol. The molecule has 23 heavy (non-hydrogen) atoms. The van der Waals surface area contributed by atoms with Crippen molar-refractivity contribution < 1.29 is 4.52 Å². The van der Waals surface area contributed by atoms with Gasteiger partial charge in [0.25, 0.3) is 0 Å². The number of likely N-dealkylation sites (tertiary alicyclic amines) is 1. The Kier molecular flexibility index (Phi) is 4.49. The highest BCUT2D eigenvalue weighted by molar-refractivity contribution is 7.10. The smallest absolute Gasteiger partial charge is 0.229 e. The lowest BCUT2D eigenvalue weighted by atomic mass is 9.92. The highest BCUT2D eigenvalue weighted by Crippen LogP contribution is 2.39. The molecule has 3 heterocycles. The summed E-state index contributed by atoms with van der Waals surface area (Å²) in [5, 5.41) is 6.35. The van der Waals surface area contributed by atoms with Crippen molar-refractivity contribution in [2.24, 2.45) is 5.92 Å². The molecule has 124 valence electrons. The summed E-state index contributed by atoms with van der Waals surface area (Å²) in [5.74, 6) is 3.18. The van der Waals surface area contributed by atoms with Crippen LogP contribution in [0.2, 0.25) is 0 Å². The first kappa shape index (κ1) is 15.3. The lowest BCUT2D eigenvalue weighted by Crippen LogP contribution is -2.33. The zero-order valence-electron chi connectivity index (χ0n) is 13.8. The molecular formula is C18H25N3OS. The Labute approximate surface area is 141 Å². The van der Waals surface area contributed by atoms with E-state index in [1.54, 1.807) is 0 Å². The fourth-order valence-electron chi connectivity index (χ4n) is 3.40. The Balaban J connectivity index is 1.21. The number of piperidine rings is 1. The van der Waals surface area contributed by atoms with Crippen LogP contribution in [0.15, 0.2) is 16.0 Å². The molecule has 2 aromatic rings. The zero-order valence-corrected chi connectivity index (χ0v) is 14.6. The first-order chi connectivity index (χ1) is 11.3. The van der Waals surface area contributed by atoms with E-state index in [1.807, 2.05) is 11.3 Å². The van der Waals surface area contributed by atoms with Crippen molar-refractivity contribution in [1.82, 2.24) is 15.0 Å². The lowest BCUT2D eigenvalue weighted by Gasteiger charge is -2.31. The third-order valence-electron chi connectivity index (χ3n) is 5.23. The second-order valence-corrected chi connectivity index (χ2v) is 8.11. The van der Waals surface area contributed by atoms with E-state index in [9.17, 15) is 0 Å². The van der Waals surface area contributed by atoms with Crippen LogP contribution in [-0.4, -0.2) is 28.1 Å². The second-order valence-electron chi connectivity index (χ2n) is 7.11. The van der Waals surface area contributed by atoms with Crippen LogP contribution in [0.1, 0.15) is 60.2 Å². The molecule has 0 aromatic carbocycles. The average molecular weight is 331 g/mol. The number of nitrogens with zero attached hydrogens (tertiary/aromatic N) is 3. The number of hydrogen-bond acceptors (Lipinski definition) is 5. The van der Waals surface area contributed by atoms with E-state index in [4.69, 9.17) is 4.52 Å². The second kappa shape index (κ2) is 6.73. The number of hydrogen-bond donors (Lipinski definition) is 0. The molecule has 0 atom stereocenters. The van der Waals surface area contributed by atoms with Crippen molar-refractivity contribution in [2.45, 2.75) is 57.9 Å².